The molecule has 1 aliphatic rings. The Kier molecular flexibility index (Phi) is 6.84. The molecule has 4 nitrogen and oxygen atoms in total. The molecular formula is C18H29FN4. The first-order chi connectivity index (χ1) is 11.1. The predicted octanol–water partition coefficient (Wildman–Crippen LogP) is 2.41. The molecule has 0 spiro atoms. The van der Waals surface area contributed by atoms with Crippen LogP contribution in [0.5, 0.6) is 0 Å². The molecule has 2 rings (SSSR count). The predicted molar refractivity (Wildman–Crippen MR) is 94.3 cm³/mol. The van der Waals surface area contributed by atoms with Crippen molar-refractivity contribution in [3.8, 4) is 0 Å². The van der Waals surface area contributed by atoms with Gasteiger partial charge in [0.15, 0.2) is 5.96 Å². The van der Waals surface area contributed by atoms with Gasteiger partial charge in [0, 0.05) is 25.2 Å². The normalized spacial score (nSPS) is 16.5. The van der Waals surface area contributed by atoms with Gasteiger partial charge in [0.05, 0.1) is 6.54 Å². The van der Waals surface area contributed by atoms with Crippen LogP contribution in [0.1, 0.15) is 32.3 Å². The van der Waals surface area contributed by atoms with Crippen LogP contribution in [0.3, 0.4) is 0 Å². The van der Waals surface area contributed by atoms with Gasteiger partial charge in [0.1, 0.15) is 5.82 Å². The van der Waals surface area contributed by atoms with Gasteiger partial charge in [-0.3, -0.25) is 9.89 Å². The highest BCUT2D eigenvalue weighted by molar-refractivity contribution is 5.79. The Labute approximate surface area is 139 Å². The van der Waals surface area contributed by atoms with E-state index >= 15 is 0 Å². The third-order valence-electron chi connectivity index (χ3n) is 4.32. The van der Waals surface area contributed by atoms with E-state index in [4.69, 9.17) is 0 Å². The molecule has 1 aromatic carbocycles. The van der Waals surface area contributed by atoms with Gasteiger partial charge in [-0.05, 0) is 51.8 Å². The third kappa shape index (κ3) is 5.82. The second kappa shape index (κ2) is 8.87. The molecule has 1 saturated carbocycles. The Morgan fingerprint density at radius 2 is 2.09 bits per heavy atom. The van der Waals surface area contributed by atoms with Crippen LogP contribution in [0.4, 0.5) is 4.39 Å². The number of hydrogen-bond acceptors (Lipinski definition) is 2. The molecule has 23 heavy (non-hydrogen) atoms. The van der Waals surface area contributed by atoms with E-state index in [2.05, 4.69) is 34.5 Å². The van der Waals surface area contributed by atoms with Crippen LogP contribution in [0, 0.1) is 5.82 Å². The van der Waals surface area contributed by atoms with E-state index in [1.54, 1.807) is 6.07 Å². The summed E-state index contributed by atoms with van der Waals surface area (Å²) in [6, 6.07) is 8.10. The summed E-state index contributed by atoms with van der Waals surface area (Å²) in [5.74, 6) is 0.663. The lowest BCUT2D eigenvalue weighted by Gasteiger charge is -2.23. The van der Waals surface area contributed by atoms with Gasteiger partial charge in [0.2, 0.25) is 0 Å². The fraction of sp³-hybridized carbons (Fsp3) is 0.611. The van der Waals surface area contributed by atoms with E-state index in [9.17, 15) is 4.39 Å². The number of aliphatic imine (C=N–C) groups is 1. The van der Waals surface area contributed by atoms with Gasteiger partial charge >= 0.3 is 0 Å². The lowest BCUT2D eigenvalue weighted by Crippen LogP contribution is -2.40. The zero-order valence-electron chi connectivity index (χ0n) is 14.5. The first-order valence-corrected chi connectivity index (χ1v) is 8.59. The van der Waals surface area contributed by atoms with Crippen LogP contribution in [0.2, 0.25) is 0 Å². The molecule has 0 aromatic heterocycles. The Bertz CT molecular complexity index is 513. The zero-order valence-corrected chi connectivity index (χ0v) is 14.5. The number of halogens is 1. The topological polar surface area (TPSA) is 39.7 Å². The molecule has 128 valence electrons. The molecular weight excluding hydrogens is 291 g/mol. The van der Waals surface area contributed by atoms with Crippen molar-refractivity contribution in [1.82, 2.24) is 15.5 Å². The summed E-state index contributed by atoms with van der Waals surface area (Å²) in [5, 5.41) is 6.54. The van der Waals surface area contributed by atoms with Crippen molar-refractivity contribution in [3.63, 3.8) is 0 Å². The Morgan fingerprint density at radius 3 is 2.74 bits per heavy atom. The van der Waals surface area contributed by atoms with Crippen molar-refractivity contribution < 1.29 is 4.39 Å². The Morgan fingerprint density at radius 1 is 1.35 bits per heavy atom. The molecule has 1 aliphatic carbocycles. The number of likely N-dealkylation sites (N-methyl/N-ethyl adjacent to an activating group) is 1. The molecule has 1 fully saturated rings. The van der Waals surface area contributed by atoms with Crippen LogP contribution < -0.4 is 10.6 Å². The van der Waals surface area contributed by atoms with Crippen molar-refractivity contribution in [3.05, 3.63) is 35.6 Å². The first-order valence-electron chi connectivity index (χ1n) is 8.59. The molecule has 2 N–H and O–H groups in total. The van der Waals surface area contributed by atoms with Crippen LogP contribution in [-0.2, 0) is 6.42 Å². The molecule has 0 heterocycles. The maximum atomic E-state index is 13.6. The summed E-state index contributed by atoms with van der Waals surface area (Å²) < 4.78 is 13.6. The number of benzene rings is 1. The minimum atomic E-state index is -0.143. The second-order valence-electron chi connectivity index (χ2n) is 6.23. The summed E-state index contributed by atoms with van der Waals surface area (Å²) in [6.45, 7) is 6.51. The highest BCUT2D eigenvalue weighted by atomic mass is 19.1. The van der Waals surface area contributed by atoms with Gasteiger partial charge in [0.25, 0.3) is 0 Å². The standard InChI is InChI=1S/C18H29FN4/c1-4-20-18(22-13-14(2)23(3)16-9-10-16)21-12-11-15-7-5-6-8-17(15)19/h5-8,14,16H,4,9-13H2,1-3H3,(H2,20,21,22). The van der Waals surface area contributed by atoms with Crippen molar-refractivity contribution in [2.24, 2.45) is 4.99 Å². The quantitative estimate of drug-likeness (QED) is 0.571. The summed E-state index contributed by atoms with van der Waals surface area (Å²) >= 11 is 0. The first kappa shape index (κ1) is 17.7. The maximum Gasteiger partial charge on any atom is 0.191 e. The van der Waals surface area contributed by atoms with E-state index in [0.717, 1.165) is 30.7 Å². The van der Waals surface area contributed by atoms with Crippen molar-refractivity contribution in [1.29, 1.82) is 0 Å². The Hall–Kier alpha value is -1.62. The fourth-order valence-electron chi connectivity index (χ4n) is 2.55. The monoisotopic (exact) mass is 320 g/mol. The molecule has 0 aliphatic heterocycles. The molecule has 1 atom stereocenters. The van der Waals surface area contributed by atoms with Crippen LogP contribution in [0.25, 0.3) is 0 Å². The molecule has 1 unspecified atom stereocenters. The number of guanidine groups is 1. The van der Waals surface area contributed by atoms with Crippen LogP contribution in [0.15, 0.2) is 29.3 Å². The van der Waals surface area contributed by atoms with Gasteiger partial charge in [-0.2, -0.15) is 0 Å². The second-order valence-corrected chi connectivity index (χ2v) is 6.23. The van der Waals surface area contributed by atoms with Crippen molar-refractivity contribution >= 4 is 5.96 Å². The molecule has 0 bridgehead atoms. The zero-order chi connectivity index (χ0) is 16.7. The minimum Gasteiger partial charge on any atom is -0.357 e. The molecule has 1 aromatic rings. The molecule has 5 heteroatoms. The van der Waals surface area contributed by atoms with E-state index in [1.807, 2.05) is 19.1 Å². The Balaban J connectivity index is 1.80. The van der Waals surface area contributed by atoms with E-state index in [1.165, 1.54) is 18.9 Å². The molecule has 0 radical (unpaired) electrons. The summed E-state index contributed by atoms with van der Waals surface area (Å²) in [6.07, 6.45) is 3.27. The minimum absolute atomic E-state index is 0.143. The van der Waals surface area contributed by atoms with Crippen LogP contribution >= 0.6 is 0 Å². The maximum absolute atomic E-state index is 13.6. The van der Waals surface area contributed by atoms with E-state index in [0.29, 0.717) is 19.0 Å². The van der Waals surface area contributed by atoms with Crippen LogP contribution in [-0.4, -0.2) is 49.6 Å². The van der Waals surface area contributed by atoms with E-state index < -0.39 is 0 Å². The lowest BCUT2D eigenvalue weighted by molar-refractivity contribution is 0.253. The highest BCUT2D eigenvalue weighted by Gasteiger charge is 2.28. The summed E-state index contributed by atoms with van der Waals surface area (Å²) in [7, 11) is 2.18. The molecule has 0 amide bonds. The van der Waals surface area contributed by atoms with Gasteiger partial charge in [-0.15, -0.1) is 0 Å². The largest absolute Gasteiger partial charge is 0.357 e. The summed E-state index contributed by atoms with van der Waals surface area (Å²) in [5.41, 5.74) is 0.734. The SMILES string of the molecule is CCNC(=NCC(C)N(C)C1CC1)NCCc1ccccc1F. The average Bonchev–Trinajstić information content (AvgIpc) is 3.38. The lowest BCUT2D eigenvalue weighted by atomic mass is 10.1. The van der Waals surface area contributed by atoms with Gasteiger partial charge in [-0.1, -0.05) is 18.2 Å². The third-order valence-corrected chi connectivity index (χ3v) is 4.32. The number of rotatable bonds is 8. The van der Waals surface area contributed by atoms with Crippen molar-refractivity contribution in [2.45, 2.75) is 45.2 Å². The number of nitrogens with one attached hydrogen (secondary N) is 2. The van der Waals surface area contributed by atoms with Gasteiger partial charge < -0.3 is 10.6 Å². The molecule has 0 saturated heterocycles. The van der Waals surface area contributed by atoms with Gasteiger partial charge in [-0.25, -0.2) is 4.39 Å². The number of nitrogens with zero attached hydrogens (tertiary/aromatic N) is 2. The van der Waals surface area contributed by atoms with E-state index in [-0.39, 0.29) is 5.82 Å². The summed E-state index contributed by atoms with van der Waals surface area (Å²) in [4.78, 5) is 7.07. The smallest absolute Gasteiger partial charge is 0.191 e. The average molecular weight is 320 g/mol. The highest BCUT2D eigenvalue weighted by Crippen LogP contribution is 2.26. The fourth-order valence-corrected chi connectivity index (χ4v) is 2.55. The van der Waals surface area contributed by atoms with Crippen molar-refractivity contribution in [2.75, 3.05) is 26.7 Å². The number of hydrogen-bond donors (Lipinski definition) is 2.